The van der Waals surface area contributed by atoms with Gasteiger partial charge < -0.3 is 25.6 Å². The minimum absolute atomic E-state index is 0.0331. The van der Waals surface area contributed by atoms with Crippen molar-refractivity contribution < 1.29 is 14.3 Å². The third-order valence-electron chi connectivity index (χ3n) is 4.84. The van der Waals surface area contributed by atoms with Crippen LogP contribution in [-0.4, -0.2) is 39.1 Å². The number of oxime groups is 1. The zero-order valence-corrected chi connectivity index (χ0v) is 17.3. The van der Waals surface area contributed by atoms with Crippen LogP contribution in [0.4, 0.5) is 21.7 Å². The van der Waals surface area contributed by atoms with Crippen molar-refractivity contribution >= 4 is 34.4 Å². The van der Waals surface area contributed by atoms with E-state index < -0.39 is 0 Å². The molecule has 0 radical (unpaired) electrons. The first kappa shape index (κ1) is 21.3. The Balaban J connectivity index is 1.53. The zero-order chi connectivity index (χ0) is 22.3. The van der Waals surface area contributed by atoms with Crippen molar-refractivity contribution in [3.05, 3.63) is 78.0 Å². The van der Waals surface area contributed by atoms with E-state index in [2.05, 4.69) is 25.0 Å². The van der Waals surface area contributed by atoms with Gasteiger partial charge in [-0.15, -0.1) is 0 Å². The van der Waals surface area contributed by atoms with Crippen molar-refractivity contribution in [3.8, 4) is 0 Å². The average Bonchev–Trinajstić information content (AvgIpc) is 3.17. The fraction of sp³-hybridized carbons (Fsp3) is 0.174. The van der Waals surface area contributed by atoms with E-state index in [1.165, 1.54) is 24.7 Å². The summed E-state index contributed by atoms with van der Waals surface area (Å²) in [6.07, 6.45) is 5.28. The Morgan fingerprint density at radius 3 is 2.94 bits per heavy atom. The van der Waals surface area contributed by atoms with Crippen molar-refractivity contribution in [1.29, 1.82) is 0 Å². The van der Waals surface area contributed by atoms with E-state index in [0.717, 1.165) is 22.2 Å². The van der Waals surface area contributed by atoms with Crippen LogP contribution in [0.25, 0.3) is 10.9 Å². The summed E-state index contributed by atoms with van der Waals surface area (Å²) >= 11 is 0. The molecule has 4 aromatic rings. The number of fused-ring (bicyclic) bond motifs is 1. The van der Waals surface area contributed by atoms with Gasteiger partial charge in [-0.25, -0.2) is 14.4 Å². The SMILES string of the molecule is Nc1ncnc(Nc2ccc3c(ccn3Cc3cccc(F)c3)c2)c1C=NOCCCO. The molecule has 2 aromatic heterocycles. The highest BCUT2D eigenvalue weighted by molar-refractivity contribution is 5.93. The van der Waals surface area contributed by atoms with Crippen LogP contribution < -0.4 is 11.1 Å². The number of halogens is 1. The number of aliphatic hydroxyl groups is 1. The lowest BCUT2D eigenvalue weighted by Crippen LogP contribution is -2.05. The summed E-state index contributed by atoms with van der Waals surface area (Å²) in [5.41, 5.74) is 9.22. The van der Waals surface area contributed by atoms with Crippen LogP contribution in [0.5, 0.6) is 0 Å². The van der Waals surface area contributed by atoms with Crippen LogP contribution in [0, 0.1) is 5.82 Å². The predicted molar refractivity (Wildman–Crippen MR) is 122 cm³/mol. The second kappa shape index (κ2) is 9.88. The van der Waals surface area contributed by atoms with E-state index in [9.17, 15) is 4.39 Å². The van der Waals surface area contributed by atoms with Crippen LogP contribution in [0.3, 0.4) is 0 Å². The molecule has 0 aliphatic heterocycles. The fourth-order valence-electron chi connectivity index (χ4n) is 3.29. The van der Waals surface area contributed by atoms with Gasteiger partial charge in [0, 0.05) is 42.4 Å². The van der Waals surface area contributed by atoms with E-state index in [0.29, 0.717) is 31.0 Å². The number of aromatic nitrogens is 3. The first-order valence-electron chi connectivity index (χ1n) is 10.1. The van der Waals surface area contributed by atoms with Crippen LogP contribution in [0.1, 0.15) is 17.5 Å². The molecule has 0 unspecified atom stereocenters. The van der Waals surface area contributed by atoms with Crippen LogP contribution in [0.2, 0.25) is 0 Å². The largest absolute Gasteiger partial charge is 0.396 e. The highest BCUT2D eigenvalue weighted by atomic mass is 19.1. The summed E-state index contributed by atoms with van der Waals surface area (Å²) in [6.45, 7) is 0.908. The lowest BCUT2D eigenvalue weighted by molar-refractivity contribution is 0.125. The fourth-order valence-corrected chi connectivity index (χ4v) is 3.29. The molecule has 4 rings (SSSR count). The van der Waals surface area contributed by atoms with Gasteiger partial charge in [0.1, 0.15) is 30.4 Å². The van der Waals surface area contributed by atoms with Gasteiger partial charge >= 0.3 is 0 Å². The van der Waals surface area contributed by atoms with Gasteiger partial charge in [-0.3, -0.25) is 0 Å². The molecule has 2 aromatic carbocycles. The first-order chi connectivity index (χ1) is 15.6. The third-order valence-corrected chi connectivity index (χ3v) is 4.84. The number of rotatable bonds is 9. The smallest absolute Gasteiger partial charge is 0.144 e. The Morgan fingerprint density at radius 1 is 1.19 bits per heavy atom. The predicted octanol–water partition coefficient (Wildman–Crippen LogP) is 3.68. The molecule has 164 valence electrons. The van der Waals surface area contributed by atoms with Crippen LogP contribution in [-0.2, 0) is 11.4 Å². The normalized spacial score (nSPS) is 11.3. The molecule has 4 N–H and O–H groups in total. The molecule has 0 aliphatic carbocycles. The Bertz CT molecular complexity index is 1240. The lowest BCUT2D eigenvalue weighted by atomic mass is 10.2. The van der Waals surface area contributed by atoms with Crippen LogP contribution in [0.15, 0.2) is 66.2 Å². The number of nitrogen functional groups attached to an aromatic ring is 1. The van der Waals surface area contributed by atoms with Gasteiger partial charge in [0.25, 0.3) is 0 Å². The second-order valence-electron chi connectivity index (χ2n) is 7.14. The number of aliphatic hydroxyl groups excluding tert-OH is 1. The number of nitrogens with zero attached hydrogens (tertiary/aromatic N) is 4. The number of anilines is 3. The zero-order valence-electron chi connectivity index (χ0n) is 17.3. The molecule has 32 heavy (non-hydrogen) atoms. The van der Waals surface area contributed by atoms with Crippen LogP contribution >= 0.6 is 0 Å². The first-order valence-corrected chi connectivity index (χ1v) is 10.1. The lowest BCUT2D eigenvalue weighted by Gasteiger charge is -2.11. The Labute approximate surface area is 184 Å². The number of nitrogens with two attached hydrogens (primary N) is 1. The molecule has 0 saturated carbocycles. The summed E-state index contributed by atoms with van der Waals surface area (Å²) in [5.74, 6) is 0.512. The summed E-state index contributed by atoms with van der Waals surface area (Å²) in [7, 11) is 0. The molecule has 0 fully saturated rings. The second-order valence-corrected chi connectivity index (χ2v) is 7.14. The Hall–Kier alpha value is -3.98. The number of benzene rings is 2. The third kappa shape index (κ3) is 5.01. The molecular weight excluding hydrogens is 411 g/mol. The van der Waals surface area contributed by atoms with E-state index >= 15 is 0 Å². The molecule has 0 bridgehead atoms. The minimum atomic E-state index is -0.243. The Kier molecular flexibility index (Phi) is 6.57. The average molecular weight is 434 g/mol. The maximum atomic E-state index is 13.5. The molecule has 0 amide bonds. The van der Waals surface area contributed by atoms with E-state index in [-0.39, 0.29) is 18.2 Å². The highest BCUT2D eigenvalue weighted by Crippen LogP contribution is 2.25. The van der Waals surface area contributed by atoms with Crippen molar-refractivity contribution in [1.82, 2.24) is 14.5 Å². The molecule has 0 aliphatic rings. The summed E-state index contributed by atoms with van der Waals surface area (Å²) in [6, 6.07) is 14.5. The van der Waals surface area contributed by atoms with Gasteiger partial charge in [0.15, 0.2) is 0 Å². The summed E-state index contributed by atoms with van der Waals surface area (Å²) in [5, 5.41) is 16.9. The molecule has 9 heteroatoms. The van der Waals surface area contributed by atoms with Crippen molar-refractivity contribution in [2.75, 3.05) is 24.3 Å². The number of nitrogens with one attached hydrogen (secondary N) is 1. The van der Waals surface area contributed by atoms with E-state index in [1.807, 2.05) is 36.5 Å². The van der Waals surface area contributed by atoms with Crippen molar-refractivity contribution in [3.63, 3.8) is 0 Å². The van der Waals surface area contributed by atoms with Gasteiger partial charge in [-0.1, -0.05) is 17.3 Å². The molecular formula is C23H23FN6O2. The molecule has 0 spiro atoms. The Morgan fingerprint density at radius 2 is 2.09 bits per heavy atom. The quantitative estimate of drug-likeness (QED) is 0.211. The maximum Gasteiger partial charge on any atom is 0.144 e. The molecule has 2 heterocycles. The maximum absolute atomic E-state index is 13.5. The minimum Gasteiger partial charge on any atom is -0.396 e. The molecule has 0 atom stereocenters. The summed E-state index contributed by atoms with van der Waals surface area (Å²) < 4.78 is 15.6. The molecule has 0 saturated heterocycles. The highest BCUT2D eigenvalue weighted by Gasteiger charge is 2.10. The van der Waals surface area contributed by atoms with Gasteiger partial charge in [0.05, 0.1) is 11.8 Å². The van der Waals surface area contributed by atoms with E-state index in [1.54, 1.807) is 6.07 Å². The van der Waals surface area contributed by atoms with Crippen molar-refractivity contribution in [2.45, 2.75) is 13.0 Å². The van der Waals surface area contributed by atoms with Gasteiger partial charge in [0.2, 0.25) is 0 Å². The molecule has 8 nitrogen and oxygen atoms in total. The van der Waals surface area contributed by atoms with Crippen molar-refractivity contribution in [2.24, 2.45) is 5.16 Å². The topological polar surface area (TPSA) is 111 Å². The monoisotopic (exact) mass is 434 g/mol. The number of hydrogen-bond donors (Lipinski definition) is 3. The number of hydrogen-bond acceptors (Lipinski definition) is 7. The summed E-state index contributed by atoms with van der Waals surface area (Å²) in [4.78, 5) is 13.4. The standard InChI is InChI=1S/C23H23FN6O2/c24-18-4-1-3-16(11-18)14-30-8-7-17-12-19(5-6-21(17)30)29-23-20(22(25)26-15-27-23)13-28-32-10-2-9-31/h1,3-8,11-13,15,31H,2,9-10,14H2,(H3,25,26,27,29). The van der Waals surface area contributed by atoms with Gasteiger partial charge in [-0.05, 0) is 42.0 Å². The van der Waals surface area contributed by atoms with Gasteiger partial charge in [-0.2, -0.15) is 0 Å². The van der Waals surface area contributed by atoms with E-state index in [4.69, 9.17) is 15.7 Å².